The van der Waals surface area contributed by atoms with E-state index >= 15 is 0 Å². The molecule has 1 N–H and O–H groups in total. The number of thiazole rings is 1. The molecule has 0 spiro atoms. The first-order valence-electron chi connectivity index (χ1n) is 8.17. The molecule has 3 aromatic rings. The SMILES string of the molecule is Cc1cc(C)c(NC(=O)CSCc2csc(-c3ccccc3)n2)c(Cl)c1. The van der Waals surface area contributed by atoms with Gasteiger partial charge >= 0.3 is 0 Å². The van der Waals surface area contributed by atoms with Gasteiger partial charge < -0.3 is 5.32 Å². The molecule has 0 aliphatic carbocycles. The zero-order valence-electron chi connectivity index (χ0n) is 14.6. The van der Waals surface area contributed by atoms with Gasteiger partial charge in [-0.3, -0.25) is 4.79 Å². The lowest BCUT2D eigenvalue weighted by atomic mass is 10.1. The quantitative estimate of drug-likeness (QED) is 0.553. The van der Waals surface area contributed by atoms with Gasteiger partial charge in [-0.05, 0) is 31.0 Å². The predicted octanol–water partition coefficient (Wildman–Crippen LogP) is 5.95. The molecule has 1 amide bonds. The number of aryl methyl sites for hydroxylation is 2. The van der Waals surface area contributed by atoms with E-state index in [2.05, 4.69) is 22.4 Å². The van der Waals surface area contributed by atoms with Crippen molar-refractivity contribution in [3.63, 3.8) is 0 Å². The molecule has 0 fully saturated rings. The number of nitrogens with one attached hydrogen (secondary N) is 1. The number of carbonyl (C=O) groups is 1. The zero-order valence-corrected chi connectivity index (χ0v) is 17.0. The highest BCUT2D eigenvalue weighted by Gasteiger charge is 2.10. The van der Waals surface area contributed by atoms with Crippen molar-refractivity contribution in [2.24, 2.45) is 0 Å². The molecule has 0 aliphatic heterocycles. The summed E-state index contributed by atoms with van der Waals surface area (Å²) in [7, 11) is 0. The molecule has 26 heavy (non-hydrogen) atoms. The monoisotopic (exact) mass is 402 g/mol. The van der Waals surface area contributed by atoms with Crippen molar-refractivity contribution in [2.75, 3.05) is 11.1 Å². The van der Waals surface area contributed by atoms with Gasteiger partial charge in [-0.1, -0.05) is 48.0 Å². The number of carbonyl (C=O) groups excluding carboxylic acids is 1. The number of anilines is 1. The van der Waals surface area contributed by atoms with E-state index in [1.165, 1.54) is 0 Å². The lowest BCUT2D eigenvalue weighted by Crippen LogP contribution is -2.15. The fraction of sp³-hybridized carbons (Fsp3) is 0.200. The van der Waals surface area contributed by atoms with Crippen LogP contribution >= 0.6 is 34.7 Å². The highest BCUT2D eigenvalue weighted by atomic mass is 35.5. The van der Waals surface area contributed by atoms with Crippen LogP contribution in [-0.2, 0) is 10.5 Å². The summed E-state index contributed by atoms with van der Waals surface area (Å²) in [6, 6.07) is 14.0. The normalized spacial score (nSPS) is 10.7. The maximum atomic E-state index is 12.2. The Morgan fingerprint density at radius 1 is 1.23 bits per heavy atom. The number of nitrogens with zero attached hydrogens (tertiary/aromatic N) is 1. The first-order valence-corrected chi connectivity index (χ1v) is 10.6. The average Bonchev–Trinajstić information content (AvgIpc) is 3.08. The third-order valence-corrected chi connectivity index (χ3v) is 5.96. The summed E-state index contributed by atoms with van der Waals surface area (Å²) in [5.41, 5.74) is 4.87. The molecule has 0 atom stereocenters. The second kappa shape index (κ2) is 8.71. The average molecular weight is 403 g/mol. The van der Waals surface area contributed by atoms with Gasteiger partial charge in [0.1, 0.15) is 5.01 Å². The Balaban J connectivity index is 1.52. The number of hydrogen-bond acceptors (Lipinski definition) is 4. The fourth-order valence-corrected chi connectivity index (χ4v) is 4.60. The summed E-state index contributed by atoms with van der Waals surface area (Å²) >= 11 is 9.41. The van der Waals surface area contributed by atoms with Gasteiger partial charge in [-0.2, -0.15) is 0 Å². The Morgan fingerprint density at radius 3 is 2.73 bits per heavy atom. The lowest BCUT2D eigenvalue weighted by molar-refractivity contribution is -0.113. The molecule has 0 radical (unpaired) electrons. The molecule has 0 aliphatic rings. The van der Waals surface area contributed by atoms with Crippen molar-refractivity contribution in [3.8, 4) is 10.6 Å². The smallest absolute Gasteiger partial charge is 0.234 e. The molecule has 1 heterocycles. The van der Waals surface area contributed by atoms with E-state index < -0.39 is 0 Å². The number of rotatable bonds is 6. The van der Waals surface area contributed by atoms with Crippen molar-refractivity contribution in [1.82, 2.24) is 4.98 Å². The topological polar surface area (TPSA) is 42.0 Å². The van der Waals surface area contributed by atoms with Crippen LogP contribution in [0.25, 0.3) is 10.6 Å². The summed E-state index contributed by atoms with van der Waals surface area (Å²) in [6.45, 7) is 3.93. The number of hydrogen-bond donors (Lipinski definition) is 1. The summed E-state index contributed by atoms with van der Waals surface area (Å²) in [6.07, 6.45) is 0. The largest absolute Gasteiger partial charge is 0.324 e. The van der Waals surface area contributed by atoms with Crippen LogP contribution in [-0.4, -0.2) is 16.6 Å². The predicted molar refractivity (Wildman–Crippen MR) is 113 cm³/mol. The second-order valence-corrected chi connectivity index (χ2v) is 8.24. The van der Waals surface area contributed by atoms with E-state index in [1.807, 2.05) is 49.6 Å². The van der Waals surface area contributed by atoms with Gasteiger partial charge in [-0.25, -0.2) is 4.98 Å². The molecule has 0 bridgehead atoms. The molecule has 1 aromatic heterocycles. The minimum atomic E-state index is -0.0534. The molecular weight excluding hydrogens is 384 g/mol. The third-order valence-electron chi connectivity index (χ3n) is 3.75. The molecule has 0 saturated carbocycles. The van der Waals surface area contributed by atoms with Crippen LogP contribution < -0.4 is 5.32 Å². The van der Waals surface area contributed by atoms with E-state index in [0.717, 1.165) is 27.4 Å². The van der Waals surface area contributed by atoms with Gasteiger partial charge in [0.15, 0.2) is 0 Å². The summed E-state index contributed by atoms with van der Waals surface area (Å²) < 4.78 is 0. The van der Waals surface area contributed by atoms with Crippen LogP contribution in [0.3, 0.4) is 0 Å². The maximum absolute atomic E-state index is 12.2. The standard InChI is InChI=1S/C20H19ClN2OS2/c1-13-8-14(2)19(17(21)9-13)23-18(24)12-25-10-16-11-26-20(22-16)15-6-4-3-5-7-15/h3-9,11H,10,12H2,1-2H3,(H,23,24). The minimum Gasteiger partial charge on any atom is -0.324 e. The Hall–Kier alpha value is -1.82. The summed E-state index contributed by atoms with van der Waals surface area (Å²) in [5, 5.41) is 6.55. The van der Waals surface area contributed by atoms with E-state index in [1.54, 1.807) is 23.1 Å². The van der Waals surface area contributed by atoms with Crippen LogP contribution in [0.1, 0.15) is 16.8 Å². The molecule has 3 rings (SSSR count). The first-order chi connectivity index (χ1) is 12.5. The van der Waals surface area contributed by atoms with Gasteiger partial charge in [-0.15, -0.1) is 23.1 Å². The van der Waals surface area contributed by atoms with Crippen molar-refractivity contribution < 1.29 is 4.79 Å². The lowest BCUT2D eigenvalue weighted by Gasteiger charge is -2.11. The first kappa shape index (κ1) is 19.0. The van der Waals surface area contributed by atoms with Gasteiger partial charge in [0.25, 0.3) is 0 Å². The maximum Gasteiger partial charge on any atom is 0.234 e. The van der Waals surface area contributed by atoms with E-state index in [-0.39, 0.29) is 5.91 Å². The van der Waals surface area contributed by atoms with Crippen LogP contribution in [0.2, 0.25) is 5.02 Å². The highest BCUT2D eigenvalue weighted by Crippen LogP contribution is 2.28. The van der Waals surface area contributed by atoms with Gasteiger partial charge in [0, 0.05) is 16.7 Å². The van der Waals surface area contributed by atoms with Crippen molar-refractivity contribution >= 4 is 46.3 Å². The van der Waals surface area contributed by atoms with E-state index in [0.29, 0.717) is 22.2 Å². The van der Waals surface area contributed by atoms with Crippen molar-refractivity contribution in [3.05, 3.63) is 69.7 Å². The number of benzene rings is 2. The Morgan fingerprint density at radius 2 is 2.00 bits per heavy atom. The number of amides is 1. The third kappa shape index (κ3) is 4.87. The van der Waals surface area contributed by atoms with Crippen LogP contribution in [0, 0.1) is 13.8 Å². The molecule has 134 valence electrons. The van der Waals surface area contributed by atoms with Crippen molar-refractivity contribution in [2.45, 2.75) is 19.6 Å². The van der Waals surface area contributed by atoms with Crippen LogP contribution in [0.4, 0.5) is 5.69 Å². The molecule has 2 aromatic carbocycles. The Kier molecular flexibility index (Phi) is 6.35. The Labute approximate surface area is 166 Å². The fourth-order valence-electron chi connectivity index (χ4n) is 2.58. The molecule has 0 unspecified atom stereocenters. The zero-order chi connectivity index (χ0) is 18.5. The van der Waals surface area contributed by atoms with Gasteiger partial charge in [0.2, 0.25) is 5.91 Å². The molecular formula is C20H19ClN2OS2. The van der Waals surface area contributed by atoms with Crippen LogP contribution in [0.5, 0.6) is 0 Å². The highest BCUT2D eigenvalue weighted by molar-refractivity contribution is 7.99. The summed E-state index contributed by atoms with van der Waals surface area (Å²) in [5.74, 6) is 1.02. The molecule has 0 saturated heterocycles. The van der Waals surface area contributed by atoms with E-state index in [9.17, 15) is 4.79 Å². The summed E-state index contributed by atoms with van der Waals surface area (Å²) in [4.78, 5) is 16.9. The second-order valence-electron chi connectivity index (χ2n) is 5.99. The van der Waals surface area contributed by atoms with Gasteiger partial charge in [0.05, 0.1) is 22.2 Å². The van der Waals surface area contributed by atoms with Crippen molar-refractivity contribution in [1.29, 1.82) is 0 Å². The molecule has 3 nitrogen and oxygen atoms in total. The minimum absolute atomic E-state index is 0.0534. The molecule has 6 heteroatoms. The van der Waals surface area contributed by atoms with E-state index in [4.69, 9.17) is 11.6 Å². The number of halogens is 1. The van der Waals surface area contributed by atoms with Crippen LogP contribution in [0.15, 0.2) is 47.8 Å². The number of aromatic nitrogens is 1. The number of thioether (sulfide) groups is 1. The Bertz CT molecular complexity index is 886.